The molecule has 0 aliphatic carbocycles. The fraction of sp³-hybridized carbons (Fsp3) is 0.278. The number of unbranched alkanes of at least 4 members (excludes halogenated alkanes) is 1. The maximum Gasteiger partial charge on any atom is 0.416 e. The Bertz CT molecular complexity index is 912. The standard InChI is InChI=1S/C18H19F3N2O3S/c1-2-3-10-22-27(25,26)16-9-4-6-13(11-16)17(24)23-15-8-5-7-14(12-15)18(19,20)21/h4-9,11-12,22H,2-3,10H2,1H3,(H,23,24). The summed E-state index contributed by atoms with van der Waals surface area (Å²) in [6.07, 6.45) is -3.03. The van der Waals surface area contributed by atoms with Crippen molar-refractivity contribution in [2.75, 3.05) is 11.9 Å². The van der Waals surface area contributed by atoms with Crippen molar-refractivity contribution in [3.05, 3.63) is 59.7 Å². The van der Waals surface area contributed by atoms with Gasteiger partial charge >= 0.3 is 6.18 Å². The van der Waals surface area contributed by atoms with Crippen LogP contribution in [0.4, 0.5) is 18.9 Å². The van der Waals surface area contributed by atoms with Crippen LogP contribution in [0.25, 0.3) is 0 Å². The Morgan fingerprint density at radius 2 is 1.78 bits per heavy atom. The molecular weight excluding hydrogens is 381 g/mol. The number of anilines is 1. The van der Waals surface area contributed by atoms with Gasteiger partial charge in [0.2, 0.25) is 10.0 Å². The van der Waals surface area contributed by atoms with Gasteiger partial charge in [-0.1, -0.05) is 25.5 Å². The summed E-state index contributed by atoms with van der Waals surface area (Å²) in [5.41, 5.74) is -0.910. The second-order valence-corrected chi connectivity index (χ2v) is 7.58. The number of carbonyl (C=O) groups excluding carboxylic acids is 1. The zero-order chi connectivity index (χ0) is 20.1. The van der Waals surface area contributed by atoms with E-state index in [-0.39, 0.29) is 22.7 Å². The van der Waals surface area contributed by atoms with Gasteiger partial charge < -0.3 is 5.32 Å². The number of amides is 1. The van der Waals surface area contributed by atoms with Crippen molar-refractivity contribution in [3.63, 3.8) is 0 Å². The Kier molecular flexibility index (Phi) is 6.61. The van der Waals surface area contributed by atoms with Crippen LogP contribution in [0.1, 0.15) is 35.7 Å². The Hall–Kier alpha value is -2.39. The van der Waals surface area contributed by atoms with E-state index in [1.807, 2.05) is 6.92 Å². The highest BCUT2D eigenvalue weighted by molar-refractivity contribution is 7.89. The smallest absolute Gasteiger partial charge is 0.322 e. The van der Waals surface area contributed by atoms with Crippen LogP contribution in [-0.2, 0) is 16.2 Å². The highest BCUT2D eigenvalue weighted by Crippen LogP contribution is 2.30. The molecule has 1 amide bonds. The van der Waals surface area contributed by atoms with E-state index in [1.165, 1.54) is 36.4 Å². The van der Waals surface area contributed by atoms with E-state index in [4.69, 9.17) is 0 Å². The number of nitrogens with one attached hydrogen (secondary N) is 2. The number of benzene rings is 2. The molecule has 0 heterocycles. The lowest BCUT2D eigenvalue weighted by atomic mass is 10.1. The molecule has 0 unspecified atom stereocenters. The van der Waals surface area contributed by atoms with Crippen molar-refractivity contribution >= 4 is 21.6 Å². The van der Waals surface area contributed by atoms with Gasteiger partial charge in [-0.15, -0.1) is 0 Å². The minimum absolute atomic E-state index is 0.0192. The molecule has 0 aliphatic rings. The number of halogens is 3. The van der Waals surface area contributed by atoms with Crippen molar-refractivity contribution in [2.24, 2.45) is 0 Å². The predicted molar refractivity (Wildman–Crippen MR) is 95.9 cm³/mol. The van der Waals surface area contributed by atoms with Gasteiger partial charge in [-0.25, -0.2) is 13.1 Å². The number of hydrogen-bond acceptors (Lipinski definition) is 3. The van der Waals surface area contributed by atoms with Gasteiger partial charge in [-0.2, -0.15) is 13.2 Å². The molecule has 0 radical (unpaired) electrons. The van der Waals surface area contributed by atoms with Gasteiger partial charge in [0.15, 0.2) is 0 Å². The minimum Gasteiger partial charge on any atom is -0.322 e. The largest absolute Gasteiger partial charge is 0.416 e. The molecule has 0 aliphatic heterocycles. The second-order valence-electron chi connectivity index (χ2n) is 5.81. The quantitative estimate of drug-likeness (QED) is 0.689. The number of carbonyl (C=O) groups is 1. The lowest BCUT2D eigenvalue weighted by Gasteiger charge is -2.11. The van der Waals surface area contributed by atoms with Crippen molar-refractivity contribution < 1.29 is 26.4 Å². The number of rotatable bonds is 7. The van der Waals surface area contributed by atoms with E-state index in [0.29, 0.717) is 6.42 Å². The molecule has 146 valence electrons. The summed E-state index contributed by atoms with van der Waals surface area (Å²) in [4.78, 5) is 12.2. The molecule has 2 rings (SSSR count). The summed E-state index contributed by atoms with van der Waals surface area (Å²) in [5.74, 6) is -0.708. The zero-order valence-electron chi connectivity index (χ0n) is 14.5. The molecule has 0 bridgehead atoms. The van der Waals surface area contributed by atoms with Gasteiger partial charge in [0.25, 0.3) is 5.91 Å². The molecule has 9 heteroatoms. The number of sulfonamides is 1. The molecule has 0 saturated heterocycles. The molecule has 27 heavy (non-hydrogen) atoms. The zero-order valence-corrected chi connectivity index (χ0v) is 15.3. The number of alkyl halides is 3. The van der Waals surface area contributed by atoms with Crippen molar-refractivity contribution in [1.29, 1.82) is 0 Å². The van der Waals surface area contributed by atoms with Crippen molar-refractivity contribution in [1.82, 2.24) is 4.72 Å². The summed E-state index contributed by atoms with van der Waals surface area (Å²) < 4.78 is 65.1. The first-order valence-electron chi connectivity index (χ1n) is 8.22. The van der Waals surface area contributed by atoms with Gasteiger partial charge in [0, 0.05) is 17.8 Å². The first-order chi connectivity index (χ1) is 12.6. The van der Waals surface area contributed by atoms with E-state index in [0.717, 1.165) is 18.6 Å². The average molecular weight is 400 g/mol. The molecule has 0 spiro atoms. The van der Waals surface area contributed by atoms with Gasteiger partial charge in [0.05, 0.1) is 10.5 Å². The molecule has 0 aromatic heterocycles. The second kappa shape index (κ2) is 8.53. The first-order valence-corrected chi connectivity index (χ1v) is 9.70. The lowest BCUT2D eigenvalue weighted by Crippen LogP contribution is -2.25. The third-order valence-electron chi connectivity index (χ3n) is 3.68. The third kappa shape index (κ3) is 5.80. The van der Waals surface area contributed by atoms with Crippen LogP contribution in [0, 0.1) is 0 Å². The van der Waals surface area contributed by atoms with Gasteiger partial charge in [-0.3, -0.25) is 4.79 Å². The predicted octanol–water partition coefficient (Wildman–Crippen LogP) is 4.04. The molecule has 0 atom stereocenters. The normalized spacial score (nSPS) is 12.0. The third-order valence-corrected chi connectivity index (χ3v) is 5.14. The Balaban J connectivity index is 2.18. The van der Waals surface area contributed by atoms with Crippen molar-refractivity contribution in [3.8, 4) is 0 Å². The summed E-state index contributed by atoms with van der Waals surface area (Å²) in [7, 11) is -3.77. The van der Waals surface area contributed by atoms with Gasteiger partial charge in [-0.05, 0) is 42.8 Å². The maximum absolute atomic E-state index is 12.8. The molecule has 2 aromatic carbocycles. The minimum atomic E-state index is -4.53. The fourth-order valence-corrected chi connectivity index (χ4v) is 3.37. The Morgan fingerprint density at radius 1 is 1.07 bits per heavy atom. The van der Waals surface area contributed by atoms with Crippen LogP contribution in [0.3, 0.4) is 0 Å². The molecular formula is C18H19F3N2O3S. The van der Waals surface area contributed by atoms with E-state index in [1.54, 1.807) is 0 Å². The van der Waals surface area contributed by atoms with Crippen LogP contribution < -0.4 is 10.0 Å². The van der Waals surface area contributed by atoms with Gasteiger partial charge in [0.1, 0.15) is 0 Å². The van der Waals surface area contributed by atoms with E-state index < -0.39 is 27.7 Å². The summed E-state index contributed by atoms with van der Waals surface area (Å²) in [6, 6.07) is 9.50. The average Bonchev–Trinajstić information content (AvgIpc) is 2.61. The Morgan fingerprint density at radius 3 is 2.44 bits per heavy atom. The molecule has 5 nitrogen and oxygen atoms in total. The maximum atomic E-state index is 12.8. The van der Waals surface area contributed by atoms with E-state index >= 15 is 0 Å². The van der Waals surface area contributed by atoms with E-state index in [9.17, 15) is 26.4 Å². The highest BCUT2D eigenvalue weighted by Gasteiger charge is 2.30. The monoisotopic (exact) mass is 400 g/mol. The number of hydrogen-bond donors (Lipinski definition) is 2. The highest BCUT2D eigenvalue weighted by atomic mass is 32.2. The molecule has 2 N–H and O–H groups in total. The summed E-state index contributed by atoms with van der Waals surface area (Å²) in [6.45, 7) is 2.20. The molecule has 2 aromatic rings. The summed E-state index contributed by atoms with van der Waals surface area (Å²) >= 11 is 0. The van der Waals surface area contributed by atoms with Crippen LogP contribution in [-0.4, -0.2) is 20.9 Å². The Labute approximate surface area is 155 Å². The van der Waals surface area contributed by atoms with E-state index in [2.05, 4.69) is 10.0 Å². The first kappa shape index (κ1) is 20.9. The summed E-state index contributed by atoms with van der Waals surface area (Å²) in [5, 5.41) is 2.35. The van der Waals surface area contributed by atoms with Crippen LogP contribution in [0.5, 0.6) is 0 Å². The van der Waals surface area contributed by atoms with Crippen molar-refractivity contribution in [2.45, 2.75) is 30.8 Å². The SMILES string of the molecule is CCCCNS(=O)(=O)c1cccc(C(=O)Nc2cccc(C(F)(F)F)c2)c1. The van der Waals surface area contributed by atoms with Crippen LogP contribution in [0.2, 0.25) is 0 Å². The topological polar surface area (TPSA) is 75.3 Å². The van der Waals surface area contributed by atoms with Crippen LogP contribution >= 0.6 is 0 Å². The van der Waals surface area contributed by atoms with Crippen LogP contribution in [0.15, 0.2) is 53.4 Å². The fourth-order valence-electron chi connectivity index (χ4n) is 2.25. The molecule has 0 fully saturated rings. The molecule has 0 saturated carbocycles. The lowest BCUT2D eigenvalue weighted by molar-refractivity contribution is -0.137.